The lowest BCUT2D eigenvalue weighted by Crippen LogP contribution is -2.20. The van der Waals surface area contributed by atoms with Gasteiger partial charge < -0.3 is 4.74 Å². The average Bonchev–Trinajstić information content (AvgIpc) is 2.91. The molecule has 1 fully saturated rings. The first kappa shape index (κ1) is 33.5. The smallest absolute Gasteiger partial charge is 0.308 e. The zero-order valence-electron chi connectivity index (χ0n) is 24.8. The van der Waals surface area contributed by atoms with Crippen molar-refractivity contribution in [2.45, 2.75) is 200 Å². The van der Waals surface area contributed by atoms with Crippen molar-refractivity contribution < 1.29 is 9.53 Å². The minimum absolute atomic E-state index is 0.0824. The van der Waals surface area contributed by atoms with E-state index < -0.39 is 0 Å². The highest BCUT2D eigenvalue weighted by Gasteiger charge is 2.22. The Labute approximate surface area is 227 Å². The van der Waals surface area contributed by atoms with Crippen LogP contribution in [0.1, 0.15) is 200 Å². The molecule has 0 heterocycles. The molecule has 1 aliphatic rings. The van der Waals surface area contributed by atoms with Gasteiger partial charge in [0.05, 0.1) is 12.5 Å². The van der Waals surface area contributed by atoms with Gasteiger partial charge in [-0.3, -0.25) is 4.79 Å². The van der Waals surface area contributed by atoms with Crippen LogP contribution in [0.3, 0.4) is 0 Å². The Morgan fingerprint density at radius 1 is 0.472 bits per heavy atom. The first-order valence-electron chi connectivity index (χ1n) is 17.0. The third-order valence-corrected chi connectivity index (χ3v) is 8.43. The average molecular weight is 507 g/mol. The highest BCUT2D eigenvalue weighted by Crippen LogP contribution is 2.24. The monoisotopic (exact) mass is 507 g/mol. The van der Waals surface area contributed by atoms with Crippen LogP contribution in [0.4, 0.5) is 0 Å². The van der Waals surface area contributed by atoms with Gasteiger partial charge in [0.15, 0.2) is 0 Å². The fraction of sp³-hybridized carbons (Fsp3) is 0.971. The molecule has 214 valence electrons. The van der Waals surface area contributed by atoms with Crippen molar-refractivity contribution in [1.29, 1.82) is 0 Å². The lowest BCUT2D eigenvalue weighted by Gasteiger charge is -2.19. The third kappa shape index (κ3) is 22.7. The van der Waals surface area contributed by atoms with Crippen LogP contribution in [0.25, 0.3) is 0 Å². The Balaban J connectivity index is 1.65. The minimum Gasteiger partial charge on any atom is -0.465 e. The van der Waals surface area contributed by atoms with Crippen molar-refractivity contribution in [2.75, 3.05) is 6.61 Å². The van der Waals surface area contributed by atoms with Crippen molar-refractivity contribution in [3.63, 3.8) is 0 Å². The number of ether oxygens (including phenoxy) is 1. The number of unbranched alkanes of at least 4 members (excludes halogenated alkanes) is 24. The molecule has 0 saturated heterocycles. The molecule has 0 aromatic rings. The largest absolute Gasteiger partial charge is 0.465 e. The molecule has 0 radical (unpaired) electrons. The molecule has 2 heteroatoms. The summed E-state index contributed by atoms with van der Waals surface area (Å²) in [6.45, 7) is 2.95. The maximum absolute atomic E-state index is 12.0. The number of rotatable bonds is 27. The summed E-state index contributed by atoms with van der Waals surface area (Å²) in [6, 6.07) is 0. The third-order valence-electron chi connectivity index (χ3n) is 8.43. The van der Waals surface area contributed by atoms with Crippen LogP contribution in [0.15, 0.2) is 0 Å². The molecule has 1 aliphatic carbocycles. The van der Waals surface area contributed by atoms with Crippen molar-refractivity contribution in [1.82, 2.24) is 0 Å². The van der Waals surface area contributed by atoms with Crippen molar-refractivity contribution >= 4 is 5.97 Å². The highest BCUT2D eigenvalue weighted by atomic mass is 16.5. The van der Waals surface area contributed by atoms with Crippen LogP contribution in [0, 0.1) is 5.92 Å². The summed E-state index contributed by atoms with van der Waals surface area (Å²) < 4.78 is 5.49. The predicted octanol–water partition coefficient (Wildman–Crippen LogP) is 11.9. The van der Waals surface area contributed by atoms with E-state index in [0.717, 1.165) is 19.3 Å². The fourth-order valence-electron chi connectivity index (χ4n) is 5.87. The lowest BCUT2D eigenvalue weighted by molar-refractivity contribution is -0.149. The molecular formula is C34H66O2. The van der Waals surface area contributed by atoms with Gasteiger partial charge in [-0.05, 0) is 19.3 Å². The molecule has 36 heavy (non-hydrogen) atoms. The summed E-state index contributed by atoms with van der Waals surface area (Å²) in [5, 5.41) is 0. The Morgan fingerprint density at radius 3 is 1.11 bits per heavy atom. The molecule has 0 spiro atoms. The molecule has 2 nitrogen and oxygen atoms in total. The first-order valence-corrected chi connectivity index (χ1v) is 17.0. The zero-order valence-corrected chi connectivity index (χ0v) is 24.8. The minimum atomic E-state index is 0.0824. The van der Waals surface area contributed by atoms with E-state index in [1.807, 2.05) is 0 Å². The van der Waals surface area contributed by atoms with E-state index in [9.17, 15) is 4.79 Å². The van der Waals surface area contributed by atoms with Gasteiger partial charge in [-0.15, -0.1) is 0 Å². The maximum Gasteiger partial charge on any atom is 0.308 e. The van der Waals surface area contributed by atoms with E-state index in [2.05, 4.69) is 6.92 Å². The van der Waals surface area contributed by atoms with E-state index in [-0.39, 0.29) is 11.9 Å². The quantitative estimate of drug-likeness (QED) is 0.0817. The van der Waals surface area contributed by atoms with E-state index in [1.165, 1.54) is 173 Å². The SMILES string of the molecule is CCCCCCCCCCCCCCCCCCCCCCCCCCCOC(=O)C1CCCCC1. The number of hydrogen-bond acceptors (Lipinski definition) is 2. The zero-order chi connectivity index (χ0) is 25.8. The van der Waals surface area contributed by atoms with Crippen LogP contribution < -0.4 is 0 Å². The van der Waals surface area contributed by atoms with Crippen LogP contribution in [-0.2, 0) is 9.53 Å². The van der Waals surface area contributed by atoms with Gasteiger partial charge in [-0.2, -0.15) is 0 Å². The second kappa shape index (κ2) is 27.5. The molecule has 1 rings (SSSR count). The summed E-state index contributed by atoms with van der Waals surface area (Å²) in [4.78, 5) is 12.0. The Kier molecular flexibility index (Phi) is 25.6. The topological polar surface area (TPSA) is 26.3 Å². The molecule has 0 bridgehead atoms. The molecule has 0 atom stereocenters. The standard InChI is InChI=1S/C34H66O2/c1-2-3-4-5-6-7-8-9-10-11-12-13-14-15-16-17-18-19-20-21-22-23-24-25-29-32-36-34(35)33-30-27-26-28-31-33/h33H,2-32H2,1H3. The van der Waals surface area contributed by atoms with Crippen LogP contribution in [-0.4, -0.2) is 12.6 Å². The van der Waals surface area contributed by atoms with Gasteiger partial charge in [0, 0.05) is 0 Å². The molecule has 0 aromatic heterocycles. The van der Waals surface area contributed by atoms with Crippen molar-refractivity contribution in [3.05, 3.63) is 0 Å². The van der Waals surface area contributed by atoms with Crippen LogP contribution >= 0.6 is 0 Å². The number of esters is 1. The molecule has 0 N–H and O–H groups in total. The molecule has 0 aromatic carbocycles. The van der Waals surface area contributed by atoms with Crippen molar-refractivity contribution in [3.8, 4) is 0 Å². The summed E-state index contributed by atoms with van der Waals surface area (Å²) in [5.41, 5.74) is 0. The Hall–Kier alpha value is -0.530. The number of carbonyl (C=O) groups excluding carboxylic acids is 1. The molecule has 0 amide bonds. The van der Waals surface area contributed by atoms with Gasteiger partial charge in [0.1, 0.15) is 0 Å². The van der Waals surface area contributed by atoms with Crippen molar-refractivity contribution in [2.24, 2.45) is 5.92 Å². The highest BCUT2D eigenvalue weighted by molar-refractivity contribution is 5.72. The molecule has 1 saturated carbocycles. The Morgan fingerprint density at radius 2 is 0.778 bits per heavy atom. The maximum atomic E-state index is 12.0. The van der Waals surface area contributed by atoms with Crippen LogP contribution in [0.2, 0.25) is 0 Å². The van der Waals surface area contributed by atoms with E-state index >= 15 is 0 Å². The normalized spacial score (nSPS) is 14.4. The second-order valence-corrected chi connectivity index (χ2v) is 12.0. The van der Waals surface area contributed by atoms with Gasteiger partial charge in [0.2, 0.25) is 0 Å². The van der Waals surface area contributed by atoms with Crippen LogP contribution in [0.5, 0.6) is 0 Å². The second-order valence-electron chi connectivity index (χ2n) is 12.0. The van der Waals surface area contributed by atoms with Gasteiger partial charge >= 0.3 is 5.97 Å². The number of hydrogen-bond donors (Lipinski definition) is 0. The van der Waals surface area contributed by atoms with E-state index in [4.69, 9.17) is 4.74 Å². The molecular weight excluding hydrogens is 440 g/mol. The van der Waals surface area contributed by atoms with E-state index in [0.29, 0.717) is 6.61 Å². The van der Waals surface area contributed by atoms with Gasteiger partial charge in [-0.1, -0.05) is 180 Å². The number of carbonyl (C=O) groups is 1. The lowest BCUT2D eigenvalue weighted by atomic mass is 9.89. The molecule has 0 aliphatic heterocycles. The summed E-state index contributed by atoms with van der Waals surface area (Å²) in [6.07, 6.45) is 41.3. The van der Waals surface area contributed by atoms with Gasteiger partial charge in [-0.25, -0.2) is 0 Å². The summed E-state index contributed by atoms with van der Waals surface area (Å²) >= 11 is 0. The van der Waals surface area contributed by atoms with Gasteiger partial charge in [0.25, 0.3) is 0 Å². The fourth-order valence-corrected chi connectivity index (χ4v) is 5.87. The Bertz CT molecular complexity index is 440. The summed E-state index contributed by atoms with van der Waals surface area (Å²) in [5.74, 6) is 0.289. The van der Waals surface area contributed by atoms with E-state index in [1.54, 1.807) is 0 Å². The summed E-state index contributed by atoms with van der Waals surface area (Å²) in [7, 11) is 0. The predicted molar refractivity (Wildman–Crippen MR) is 159 cm³/mol. The first-order chi connectivity index (χ1) is 17.8. The molecule has 0 unspecified atom stereocenters.